The Morgan fingerprint density at radius 3 is 1.79 bits per heavy atom. The molecule has 0 aliphatic rings. The van der Waals surface area contributed by atoms with Crippen molar-refractivity contribution in [2.75, 3.05) is 0 Å². The maximum atomic E-state index is 4.32. The van der Waals surface area contributed by atoms with Crippen LogP contribution in [-0.2, 0) is 0 Å². The first-order valence-electron chi connectivity index (χ1n) is 5.07. The molecule has 3 nitrogen and oxygen atoms in total. The number of rotatable bonds is 3. The Bertz CT molecular complexity index is 268. The third-order valence-corrected chi connectivity index (χ3v) is 11.3. The average molecular weight is 227 g/mol. The Labute approximate surface area is 88.6 Å². The van der Waals surface area contributed by atoms with Crippen molar-refractivity contribution in [3.8, 4) is 0 Å². The van der Waals surface area contributed by atoms with Crippen LogP contribution in [0.2, 0.25) is 39.3 Å². The average Bonchev–Trinajstić information content (AvgIpc) is 2.31. The van der Waals surface area contributed by atoms with Gasteiger partial charge in [-0.1, -0.05) is 39.3 Å². The lowest BCUT2D eigenvalue weighted by Crippen LogP contribution is -2.50. The molecule has 0 aliphatic heterocycles. The van der Waals surface area contributed by atoms with Crippen LogP contribution in [0.25, 0.3) is 0 Å². The second-order valence-electron chi connectivity index (χ2n) is 6.01. The van der Waals surface area contributed by atoms with E-state index in [1.165, 1.54) is 0 Å². The van der Waals surface area contributed by atoms with Gasteiger partial charge in [-0.2, -0.15) is 5.10 Å². The van der Waals surface area contributed by atoms with E-state index in [1.54, 1.807) is 6.33 Å². The van der Waals surface area contributed by atoms with Crippen LogP contribution in [0.5, 0.6) is 0 Å². The van der Waals surface area contributed by atoms with Crippen LogP contribution in [0.1, 0.15) is 5.29 Å². The van der Waals surface area contributed by atoms with E-state index in [-0.39, 0.29) is 0 Å². The molecule has 0 aromatic carbocycles. The smallest absolute Gasteiger partial charge is 0.137 e. The Hall–Kier alpha value is -0.426. The van der Waals surface area contributed by atoms with Gasteiger partial charge >= 0.3 is 0 Å². The van der Waals surface area contributed by atoms with E-state index in [2.05, 4.69) is 54.0 Å². The lowest BCUT2D eigenvalue weighted by Gasteiger charge is -2.37. The van der Waals surface area contributed by atoms with Crippen LogP contribution in [0.3, 0.4) is 0 Å². The molecular formula is C9H21N3Si2. The molecule has 0 bridgehead atoms. The highest BCUT2D eigenvalue weighted by atomic mass is 28.4. The lowest BCUT2D eigenvalue weighted by molar-refractivity contribution is 0.679. The van der Waals surface area contributed by atoms with E-state index in [1.807, 2.05) is 6.33 Å². The van der Waals surface area contributed by atoms with E-state index in [0.29, 0.717) is 5.29 Å². The van der Waals surface area contributed by atoms with Crippen LogP contribution >= 0.6 is 0 Å². The molecule has 0 fully saturated rings. The van der Waals surface area contributed by atoms with Gasteiger partial charge < -0.3 is 0 Å². The molecule has 5 heteroatoms. The van der Waals surface area contributed by atoms with Crippen LogP contribution in [0.15, 0.2) is 12.7 Å². The molecule has 1 aromatic rings. The number of aromatic nitrogens is 3. The van der Waals surface area contributed by atoms with Crippen LogP contribution < -0.4 is 0 Å². The lowest BCUT2D eigenvalue weighted by atomic mass is 11.2. The minimum Gasteiger partial charge on any atom is -0.256 e. The van der Waals surface area contributed by atoms with E-state index in [9.17, 15) is 0 Å². The van der Waals surface area contributed by atoms with Crippen molar-refractivity contribution in [3.63, 3.8) is 0 Å². The molecular weight excluding hydrogens is 206 g/mol. The van der Waals surface area contributed by atoms with Gasteiger partial charge in [-0.25, -0.2) is 4.98 Å². The third-order valence-electron chi connectivity index (χ3n) is 2.34. The van der Waals surface area contributed by atoms with Crippen LogP contribution in [0, 0.1) is 0 Å². The van der Waals surface area contributed by atoms with E-state index in [4.69, 9.17) is 0 Å². The maximum Gasteiger partial charge on any atom is 0.137 e. The summed E-state index contributed by atoms with van der Waals surface area (Å²) in [6.07, 6.45) is 3.52. The fraction of sp³-hybridized carbons (Fsp3) is 0.778. The summed E-state index contributed by atoms with van der Waals surface area (Å²) in [7, 11) is -2.41. The standard InChI is InChI=1S/C9H21N3Si2/c1-13(2,3)9(14(4,5)6)12-8-10-7-11-12/h7-9H,1-6H3. The Morgan fingerprint density at radius 1 is 1.00 bits per heavy atom. The molecule has 0 aliphatic carbocycles. The Morgan fingerprint density at radius 2 is 1.50 bits per heavy atom. The Kier molecular flexibility index (Phi) is 3.01. The quantitative estimate of drug-likeness (QED) is 0.743. The van der Waals surface area contributed by atoms with Crippen molar-refractivity contribution in [1.82, 2.24) is 14.8 Å². The topological polar surface area (TPSA) is 30.7 Å². The molecule has 0 spiro atoms. The zero-order chi connectivity index (χ0) is 11.0. The highest BCUT2D eigenvalue weighted by Crippen LogP contribution is 2.29. The minimum absolute atomic E-state index is 0.637. The van der Waals surface area contributed by atoms with Gasteiger partial charge in [0.1, 0.15) is 12.7 Å². The second kappa shape index (κ2) is 3.62. The summed E-state index contributed by atoms with van der Waals surface area (Å²) in [4.78, 5) is 4.07. The van der Waals surface area contributed by atoms with Crippen LogP contribution in [-0.4, -0.2) is 30.9 Å². The summed E-state index contributed by atoms with van der Waals surface area (Å²) < 4.78 is 2.10. The molecule has 1 heterocycles. The van der Waals surface area contributed by atoms with E-state index in [0.717, 1.165) is 0 Å². The fourth-order valence-corrected chi connectivity index (χ4v) is 14.7. The van der Waals surface area contributed by atoms with Crippen molar-refractivity contribution in [1.29, 1.82) is 0 Å². The molecule has 1 rings (SSSR count). The molecule has 0 amide bonds. The molecule has 0 N–H and O–H groups in total. The van der Waals surface area contributed by atoms with Crippen molar-refractivity contribution >= 4 is 16.1 Å². The minimum atomic E-state index is -1.20. The largest absolute Gasteiger partial charge is 0.256 e. The van der Waals surface area contributed by atoms with Gasteiger partial charge in [0.15, 0.2) is 0 Å². The van der Waals surface area contributed by atoms with Gasteiger partial charge in [-0.15, -0.1) is 0 Å². The Balaban J connectivity index is 3.08. The van der Waals surface area contributed by atoms with Gasteiger partial charge in [-0.3, -0.25) is 4.68 Å². The summed E-state index contributed by atoms with van der Waals surface area (Å²) in [5.41, 5.74) is 0. The van der Waals surface area contributed by atoms with Gasteiger partial charge in [0.25, 0.3) is 0 Å². The number of hydrogen-bond acceptors (Lipinski definition) is 2. The zero-order valence-corrected chi connectivity index (χ0v) is 12.1. The summed E-state index contributed by atoms with van der Waals surface area (Å²) in [5, 5.41) is 4.96. The van der Waals surface area contributed by atoms with E-state index < -0.39 is 16.1 Å². The molecule has 0 saturated carbocycles. The normalized spacial score (nSPS) is 13.6. The molecule has 80 valence electrons. The predicted molar refractivity (Wildman–Crippen MR) is 65.8 cm³/mol. The van der Waals surface area contributed by atoms with Gasteiger partial charge in [0, 0.05) is 5.29 Å². The first-order valence-corrected chi connectivity index (χ1v) is 12.2. The molecule has 0 radical (unpaired) electrons. The summed E-state index contributed by atoms with van der Waals surface area (Å²) in [6, 6.07) is 0. The van der Waals surface area contributed by atoms with Crippen molar-refractivity contribution < 1.29 is 0 Å². The maximum absolute atomic E-state index is 4.32. The zero-order valence-electron chi connectivity index (χ0n) is 10.1. The fourth-order valence-electron chi connectivity index (χ4n) is 2.44. The molecule has 0 atom stereocenters. The molecule has 14 heavy (non-hydrogen) atoms. The van der Waals surface area contributed by atoms with Crippen molar-refractivity contribution in [2.45, 2.75) is 44.6 Å². The molecule has 1 aromatic heterocycles. The molecule has 0 unspecified atom stereocenters. The highest BCUT2D eigenvalue weighted by molar-refractivity contribution is 6.95. The van der Waals surface area contributed by atoms with Gasteiger partial charge in [0.05, 0.1) is 16.1 Å². The third kappa shape index (κ3) is 2.54. The summed E-state index contributed by atoms with van der Waals surface area (Å²) >= 11 is 0. The monoisotopic (exact) mass is 227 g/mol. The second-order valence-corrected chi connectivity index (χ2v) is 17.1. The summed E-state index contributed by atoms with van der Waals surface area (Å²) in [6.45, 7) is 14.5. The predicted octanol–water partition coefficient (Wildman–Crippen LogP) is 2.57. The first-order chi connectivity index (χ1) is 6.23. The summed E-state index contributed by atoms with van der Waals surface area (Å²) in [5.74, 6) is 0. The molecule has 0 saturated heterocycles. The van der Waals surface area contributed by atoms with Gasteiger partial charge in [0.2, 0.25) is 0 Å². The van der Waals surface area contributed by atoms with Gasteiger partial charge in [-0.05, 0) is 0 Å². The number of nitrogens with zero attached hydrogens (tertiary/aromatic N) is 3. The first kappa shape index (κ1) is 11.6. The van der Waals surface area contributed by atoms with Crippen molar-refractivity contribution in [3.05, 3.63) is 12.7 Å². The highest BCUT2D eigenvalue weighted by Gasteiger charge is 2.39. The van der Waals surface area contributed by atoms with E-state index >= 15 is 0 Å². The number of hydrogen-bond donors (Lipinski definition) is 0. The van der Waals surface area contributed by atoms with Crippen LogP contribution in [0.4, 0.5) is 0 Å². The van der Waals surface area contributed by atoms with Crippen molar-refractivity contribution in [2.24, 2.45) is 0 Å². The SMILES string of the molecule is C[Si](C)(C)C(n1cncn1)[Si](C)(C)C.